The van der Waals surface area contributed by atoms with E-state index in [0.717, 1.165) is 11.1 Å². The number of carbonyl (C=O) groups excluding carboxylic acids is 1. The van der Waals surface area contributed by atoms with Crippen LogP contribution in [0, 0.1) is 6.92 Å². The van der Waals surface area contributed by atoms with Crippen molar-refractivity contribution in [3.05, 3.63) is 64.7 Å². The van der Waals surface area contributed by atoms with Gasteiger partial charge in [-0.1, -0.05) is 41.4 Å². The average molecular weight is 304 g/mol. The van der Waals surface area contributed by atoms with Gasteiger partial charge in [-0.25, -0.2) is 0 Å². The number of nitrogens with one attached hydrogen (secondary N) is 1. The first kappa shape index (κ1) is 15.4. The van der Waals surface area contributed by atoms with Gasteiger partial charge in [-0.2, -0.15) is 0 Å². The first-order valence-electron chi connectivity index (χ1n) is 6.80. The second-order valence-electron chi connectivity index (χ2n) is 4.92. The second-order valence-corrected chi connectivity index (χ2v) is 5.35. The van der Waals surface area contributed by atoms with Crippen LogP contribution in [0.1, 0.15) is 18.1 Å². The zero-order valence-corrected chi connectivity index (χ0v) is 12.9. The van der Waals surface area contributed by atoms with E-state index in [1.807, 2.05) is 43.3 Å². The van der Waals surface area contributed by atoms with Gasteiger partial charge in [-0.15, -0.1) is 0 Å². The molecule has 1 atom stereocenters. The van der Waals surface area contributed by atoms with Crippen LogP contribution >= 0.6 is 11.6 Å². The minimum Gasteiger partial charge on any atom is -0.481 e. The molecule has 0 aliphatic carbocycles. The summed E-state index contributed by atoms with van der Waals surface area (Å²) in [5.74, 6) is 0.542. The highest BCUT2D eigenvalue weighted by atomic mass is 35.5. The fourth-order valence-electron chi connectivity index (χ4n) is 1.81. The average Bonchev–Trinajstić information content (AvgIpc) is 2.48. The minimum atomic E-state index is -0.542. The molecule has 0 aliphatic heterocycles. The summed E-state index contributed by atoms with van der Waals surface area (Å²) < 4.78 is 5.61. The molecule has 2 aromatic rings. The van der Waals surface area contributed by atoms with E-state index in [9.17, 15) is 4.79 Å². The lowest BCUT2D eigenvalue weighted by atomic mass is 10.2. The Labute approximate surface area is 129 Å². The van der Waals surface area contributed by atoms with E-state index >= 15 is 0 Å². The van der Waals surface area contributed by atoms with Gasteiger partial charge in [0, 0.05) is 11.6 Å². The standard InChI is InChI=1S/C17H18ClNO2/c1-12-3-9-16(10-4-12)21-13(2)17(20)19-11-14-5-7-15(18)8-6-14/h3-10,13H,11H2,1-2H3,(H,19,20)/t13-/m0/s1. The first-order chi connectivity index (χ1) is 10.0. The van der Waals surface area contributed by atoms with Crippen molar-refractivity contribution in [2.24, 2.45) is 0 Å². The summed E-state index contributed by atoms with van der Waals surface area (Å²) in [5, 5.41) is 3.52. The molecule has 0 aromatic heterocycles. The van der Waals surface area contributed by atoms with E-state index in [-0.39, 0.29) is 5.91 Å². The SMILES string of the molecule is Cc1ccc(O[C@@H](C)C(=O)NCc2ccc(Cl)cc2)cc1. The van der Waals surface area contributed by atoms with Crippen LogP contribution < -0.4 is 10.1 Å². The van der Waals surface area contributed by atoms with Crippen LogP contribution in [0.25, 0.3) is 0 Å². The fourth-order valence-corrected chi connectivity index (χ4v) is 1.94. The van der Waals surface area contributed by atoms with Gasteiger partial charge in [-0.3, -0.25) is 4.79 Å². The van der Waals surface area contributed by atoms with Crippen LogP contribution in [-0.4, -0.2) is 12.0 Å². The number of amides is 1. The molecule has 4 heteroatoms. The van der Waals surface area contributed by atoms with Gasteiger partial charge in [0.25, 0.3) is 5.91 Å². The lowest BCUT2D eigenvalue weighted by Gasteiger charge is -2.15. The van der Waals surface area contributed by atoms with Gasteiger partial charge in [0.2, 0.25) is 0 Å². The minimum absolute atomic E-state index is 0.148. The zero-order valence-electron chi connectivity index (χ0n) is 12.1. The van der Waals surface area contributed by atoms with Gasteiger partial charge >= 0.3 is 0 Å². The lowest BCUT2D eigenvalue weighted by Crippen LogP contribution is -2.35. The maximum atomic E-state index is 12.0. The number of hydrogen-bond donors (Lipinski definition) is 1. The van der Waals surface area contributed by atoms with E-state index in [0.29, 0.717) is 17.3 Å². The molecule has 0 heterocycles. The number of carbonyl (C=O) groups is 1. The maximum absolute atomic E-state index is 12.0. The summed E-state index contributed by atoms with van der Waals surface area (Å²) in [6, 6.07) is 15.0. The number of aryl methyl sites for hydroxylation is 1. The molecular formula is C17H18ClNO2. The Morgan fingerprint density at radius 1 is 1.14 bits per heavy atom. The van der Waals surface area contributed by atoms with Gasteiger partial charge in [0.1, 0.15) is 5.75 Å². The first-order valence-corrected chi connectivity index (χ1v) is 7.18. The Hall–Kier alpha value is -2.00. The van der Waals surface area contributed by atoms with Crippen molar-refractivity contribution in [3.63, 3.8) is 0 Å². The van der Waals surface area contributed by atoms with Crippen molar-refractivity contribution in [3.8, 4) is 5.75 Å². The normalized spacial score (nSPS) is 11.8. The molecule has 0 saturated carbocycles. The summed E-state index contributed by atoms with van der Waals surface area (Å²) in [6.45, 7) is 4.20. The van der Waals surface area contributed by atoms with Crippen LogP contribution in [0.4, 0.5) is 0 Å². The molecule has 3 nitrogen and oxygen atoms in total. The summed E-state index contributed by atoms with van der Waals surface area (Å²) in [7, 11) is 0. The molecule has 0 saturated heterocycles. The van der Waals surface area contributed by atoms with Crippen molar-refractivity contribution in [2.45, 2.75) is 26.5 Å². The van der Waals surface area contributed by atoms with Crippen molar-refractivity contribution in [2.75, 3.05) is 0 Å². The Bertz CT molecular complexity index is 593. The molecule has 0 bridgehead atoms. The monoisotopic (exact) mass is 303 g/mol. The van der Waals surface area contributed by atoms with E-state index in [1.165, 1.54) is 0 Å². The summed E-state index contributed by atoms with van der Waals surface area (Å²) in [5.41, 5.74) is 2.15. The highest BCUT2D eigenvalue weighted by Crippen LogP contribution is 2.13. The van der Waals surface area contributed by atoms with Gasteiger partial charge < -0.3 is 10.1 Å². The highest BCUT2D eigenvalue weighted by molar-refractivity contribution is 6.30. The van der Waals surface area contributed by atoms with Crippen molar-refractivity contribution in [1.82, 2.24) is 5.32 Å². The zero-order chi connectivity index (χ0) is 15.2. The van der Waals surface area contributed by atoms with E-state index in [2.05, 4.69) is 5.32 Å². The lowest BCUT2D eigenvalue weighted by molar-refractivity contribution is -0.127. The van der Waals surface area contributed by atoms with E-state index in [1.54, 1.807) is 19.1 Å². The number of ether oxygens (including phenoxy) is 1. The Morgan fingerprint density at radius 2 is 1.76 bits per heavy atom. The topological polar surface area (TPSA) is 38.3 Å². The van der Waals surface area contributed by atoms with Crippen LogP contribution in [0.2, 0.25) is 5.02 Å². The largest absolute Gasteiger partial charge is 0.481 e. The third-order valence-electron chi connectivity index (χ3n) is 3.08. The molecule has 1 N–H and O–H groups in total. The predicted octanol–water partition coefficient (Wildman–Crippen LogP) is 3.73. The molecule has 0 radical (unpaired) electrons. The molecule has 0 unspecified atom stereocenters. The van der Waals surface area contributed by atoms with E-state index in [4.69, 9.17) is 16.3 Å². The Balaban J connectivity index is 1.84. The molecule has 2 rings (SSSR count). The molecule has 1 amide bonds. The van der Waals surface area contributed by atoms with Crippen LogP contribution in [0.3, 0.4) is 0 Å². The third-order valence-corrected chi connectivity index (χ3v) is 3.34. The number of benzene rings is 2. The van der Waals surface area contributed by atoms with Crippen molar-refractivity contribution < 1.29 is 9.53 Å². The van der Waals surface area contributed by atoms with Crippen LogP contribution in [-0.2, 0) is 11.3 Å². The highest BCUT2D eigenvalue weighted by Gasteiger charge is 2.14. The molecule has 0 fully saturated rings. The van der Waals surface area contributed by atoms with Gasteiger partial charge in [0.05, 0.1) is 0 Å². The van der Waals surface area contributed by atoms with Crippen molar-refractivity contribution >= 4 is 17.5 Å². The summed E-state index contributed by atoms with van der Waals surface area (Å²) in [4.78, 5) is 12.0. The molecule has 0 spiro atoms. The molecular weight excluding hydrogens is 286 g/mol. The quantitative estimate of drug-likeness (QED) is 0.914. The molecule has 0 aliphatic rings. The number of halogens is 1. The Kier molecular flexibility index (Phi) is 5.23. The molecule has 110 valence electrons. The smallest absolute Gasteiger partial charge is 0.261 e. The van der Waals surface area contributed by atoms with Crippen LogP contribution in [0.15, 0.2) is 48.5 Å². The summed E-state index contributed by atoms with van der Waals surface area (Å²) in [6.07, 6.45) is -0.542. The van der Waals surface area contributed by atoms with Crippen molar-refractivity contribution in [1.29, 1.82) is 0 Å². The Morgan fingerprint density at radius 3 is 2.38 bits per heavy atom. The van der Waals surface area contributed by atoms with Gasteiger partial charge in [0.15, 0.2) is 6.10 Å². The second kappa shape index (κ2) is 7.14. The number of hydrogen-bond acceptors (Lipinski definition) is 2. The fraction of sp³-hybridized carbons (Fsp3) is 0.235. The van der Waals surface area contributed by atoms with Crippen LogP contribution in [0.5, 0.6) is 5.75 Å². The predicted molar refractivity (Wildman–Crippen MR) is 84.6 cm³/mol. The third kappa shape index (κ3) is 4.80. The molecule has 21 heavy (non-hydrogen) atoms. The van der Waals surface area contributed by atoms with E-state index < -0.39 is 6.10 Å². The number of rotatable bonds is 5. The van der Waals surface area contributed by atoms with Gasteiger partial charge in [-0.05, 0) is 43.7 Å². The summed E-state index contributed by atoms with van der Waals surface area (Å²) >= 11 is 5.82. The molecule has 2 aromatic carbocycles. The maximum Gasteiger partial charge on any atom is 0.261 e.